The minimum absolute atomic E-state index is 0.0197. The molecule has 0 aliphatic carbocycles. The number of ether oxygens (including phenoxy) is 1. The first-order valence-electron chi connectivity index (χ1n) is 5.33. The predicted octanol–water partition coefficient (Wildman–Crippen LogP) is -0.498. The van der Waals surface area contributed by atoms with Crippen LogP contribution in [0, 0.1) is 0 Å². The number of Topliss-reactive ketones (excluding diaryl/α,β-unsaturated/α-hetero) is 1. The summed E-state index contributed by atoms with van der Waals surface area (Å²) in [5.41, 5.74) is -1.90. The van der Waals surface area contributed by atoms with Gasteiger partial charge in [-0.25, -0.2) is 0 Å². The molecule has 0 saturated heterocycles. The highest BCUT2D eigenvalue weighted by atomic mass is 16.5. The van der Waals surface area contributed by atoms with Crippen molar-refractivity contribution in [3.8, 4) is 0 Å². The number of carbonyl (C=O) groups is 2. The normalized spacial score (nSPS) is 17.3. The first-order valence-corrected chi connectivity index (χ1v) is 5.33. The Kier molecular flexibility index (Phi) is 5.25. The summed E-state index contributed by atoms with van der Waals surface area (Å²) < 4.78 is 5.13. The quantitative estimate of drug-likeness (QED) is 0.594. The van der Waals surface area contributed by atoms with E-state index < -0.39 is 29.9 Å². The zero-order valence-electron chi connectivity index (χ0n) is 11.1. The van der Waals surface area contributed by atoms with E-state index in [4.69, 9.17) is 9.84 Å². The second-order valence-electron chi connectivity index (χ2n) is 5.29. The molecular weight excluding hydrogens is 226 g/mol. The molecule has 0 spiro atoms. The molecule has 17 heavy (non-hydrogen) atoms. The van der Waals surface area contributed by atoms with E-state index in [-0.39, 0.29) is 11.0 Å². The van der Waals surface area contributed by atoms with Crippen molar-refractivity contribution >= 4 is 11.8 Å². The summed E-state index contributed by atoms with van der Waals surface area (Å²) in [4.78, 5) is 22.7. The van der Waals surface area contributed by atoms with Gasteiger partial charge in [0.05, 0.1) is 27.6 Å². The Balaban J connectivity index is 5.09. The highest BCUT2D eigenvalue weighted by Crippen LogP contribution is 2.18. The Morgan fingerprint density at radius 1 is 1.35 bits per heavy atom. The summed E-state index contributed by atoms with van der Waals surface area (Å²) in [6.07, 6.45) is -1.44. The highest BCUT2D eigenvalue weighted by molar-refractivity contribution is 5.94. The van der Waals surface area contributed by atoms with E-state index in [9.17, 15) is 14.7 Å². The number of hydrogen-bond acceptors (Lipinski definition) is 4. The van der Waals surface area contributed by atoms with Crippen LogP contribution in [0.1, 0.15) is 13.3 Å². The third-order valence-electron chi connectivity index (χ3n) is 2.36. The smallest absolute Gasteiger partial charge is 0.306 e. The van der Waals surface area contributed by atoms with Crippen LogP contribution in [0.25, 0.3) is 0 Å². The van der Waals surface area contributed by atoms with Gasteiger partial charge in [-0.1, -0.05) is 0 Å². The van der Waals surface area contributed by atoms with Gasteiger partial charge in [-0.15, -0.1) is 0 Å². The average molecular weight is 248 g/mol. The lowest BCUT2D eigenvalue weighted by atomic mass is 9.90. The van der Waals surface area contributed by atoms with Crippen molar-refractivity contribution in [1.29, 1.82) is 0 Å². The largest absolute Gasteiger partial charge is 0.481 e. The number of carbonyl (C=O) groups excluding carboxylic acids is 1. The SMILES string of the molecule is COC(C)C(=O)C(O)(CC(=O)O)C[N+](C)(C)C. The Hall–Kier alpha value is -0.980. The lowest BCUT2D eigenvalue weighted by Crippen LogP contribution is -2.57. The summed E-state index contributed by atoms with van der Waals surface area (Å²) in [7, 11) is 6.67. The molecule has 0 amide bonds. The van der Waals surface area contributed by atoms with E-state index >= 15 is 0 Å². The van der Waals surface area contributed by atoms with Gasteiger partial charge < -0.3 is 19.4 Å². The number of methoxy groups -OCH3 is 1. The van der Waals surface area contributed by atoms with Crippen LogP contribution in [-0.4, -0.2) is 73.0 Å². The molecule has 0 saturated carbocycles. The van der Waals surface area contributed by atoms with Crippen molar-refractivity contribution in [2.24, 2.45) is 0 Å². The van der Waals surface area contributed by atoms with Gasteiger partial charge in [0.2, 0.25) is 0 Å². The fraction of sp³-hybridized carbons (Fsp3) is 0.818. The van der Waals surface area contributed by atoms with Gasteiger partial charge in [-0.3, -0.25) is 9.59 Å². The first kappa shape index (κ1) is 16.0. The fourth-order valence-corrected chi connectivity index (χ4v) is 1.74. The molecule has 0 radical (unpaired) electrons. The van der Waals surface area contributed by atoms with Crippen LogP contribution < -0.4 is 0 Å². The van der Waals surface area contributed by atoms with Gasteiger partial charge in [-0.05, 0) is 6.92 Å². The summed E-state index contributed by atoms with van der Waals surface area (Å²) in [6.45, 7) is 1.51. The molecule has 0 bridgehead atoms. The van der Waals surface area contributed by atoms with Crippen molar-refractivity contribution in [1.82, 2.24) is 0 Å². The zero-order valence-corrected chi connectivity index (χ0v) is 11.1. The lowest BCUT2D eigenvalue weighted by molar-refractivity contribution is -0.875. The summed E-state index contributed by atoms with van der Waals surface area (Å²) in [5, 5.41) is 19.1. The maximum Gasteiger partial charge on any atom is 0.306 e. The van der Waals surface area contributed by atoms with E-state index in [2.05, 4.69) is 0 Å². The van der Waals surface area contributed by atoms with Gasteiger partial charge >= 0.3 is 5.97 Å². The van der Waals surface area contributed by atoms with Crippen LogP contribution in [0.3, 0.4) is 0 Å². The molecule has 0 aromatic rings. The maximum absolute atomic E-state index is 12.0. The van der Waals surface area contributed by atoms with E-state index in [1.165, 1.54) is 14.0 Å². The zero-order chi connectivity index (χ0) is 13.9. The van der Waals surface area contributed by atoms with Gasteiger partial charge in [0, 0.05) is 7.11 Å². The molecule has 0 aromatic carbocycles. The number of likely N-dealkylation sites (N-methyl/N-ethyl adjacent to an activating group) is 1. The van der Waals surface area contributed by atoms with E-state index in [1.807, 2.05) is 0 Å². The number of rotatable bonds is 7. The van der Waals surface area contributed by atoms with Crippen LogP contribution >= 0.6 is 0 Å². The molecule has 0 aliphatic rings. The van der Waals surface area contributed by atoms with Crippen molar-refractivity contribution in [2.75, 3.05) is 34.8 Å². The number of hydrogen-bond donors (Lipinski definition) is 2. The van der Waals surface area contributed by atoms with Crippen LogP contribution in [0.4, 0.5) is 0 Å². The Bertz CT molecular complexity index is 297. The number of ketones is 1. The van der Waals surface area contributed by atoms with Crippen molar-refractivity contribution in [3.05, 3.63) is 0 Å². The van der Waals surface area contributed by atoms with Gasteiger partial charge in [-0.2, -0.15) is 0 Å². The van der Waals surface area contributed by atoms with E-state index in [1.54, 1.807) is 21.1 Å². The monoisotopic (exact) mass is 248 g/mol. The Labute approximate surface area is 101 Å². The van der Waals surface area contributed by atoms with Crippen LogP contribution in [0.5, 0.6) is 0 Å². The van der Waals surface area contributed by atoms with Crippen molar-refractivity contribution < 1.29 is 29.0 Å². The number of aliphatic hydroxyl groups is 1. The summed E-state index contributed by atoms with van der Waals surface area (Å²) in [6, 6.07) is 0. The first-order chi connectivity index (χ1) is 7.52. The van der Waals surface area contributed by atoms with Crippen molar-refractivity contribution in [2.45, 2.75) is 25.0 Å². The minimum Gasteiger partial charge on any atom is -0.481 e. The maximum atomic E-state index is 12.0. The fourth-order valence-electron chi connectivity index (χ4n) is 1.74. The second-order valence-corrected chi connectivity index (χ2v) is 5.29. The topological polar surface area (TPSA) is 83.8 Å². The molecular formula is C11H22NO5+. The second kappa shape index (κ2) is 5.57. The number of quaternary nitrogens is 1. The molecule has 100 valence electrons. The molecule has 0 aliphatic heterocycles. The predicted molar refractivity (Wildman–Crippen MR) is 61.6 cm³/mol. The number of carboxylic acids is 1. The van der Waals surface area contributed by atoms with E-state index in [0.29, 0.717) is 0 Å². The highest BCUT2D eigenvalue weighted by Gasteiger charge is 2.45. The molecule has 0 aromatic heterocycles. The molecule has 0 heterocycles. The van der Waals surface area contributed by atoms with Gasteiger partial charge in [0.15, 0.2) is 11.4 Å². The van der Waals surface area contributed by atoms with Gasteiger partial charge in [0.25, 0.3) is 0 Å². The molecule has 0 rings (SSSR count). The molecule has 6 heteroatoms. The minimum atomic E-state index is -1.90. The molecule has 2 N–H and O–H groups in total. The third-order valence-corrected chi connectivity index (χ3v) is 2.36. The molecule has 2 unspecified atom stereocenters. The summed E-state index contributed by atoms with van der Waals surface area (Å²) >= 11 is 0. The number of carboxylic acid groups (broad SMARTS) is 1. The van der Waals surface area contributed by atoms with Crippen LogP contribution in [0.2, 0.25) is 0 Å². The lowest BCUT2D eigenvalue weighted by Gasteiger charge is -2.34. The van der Waals surface area contributed by atoms with Crippen LogP contribution in [-0.2, 0) is 14.3 Å². The average Bonchev–Trinajstić information content (AvgIpc) is 2.10. The molecule has 0 fully saturated rings. The summed E-state index contributed by atoms with van der Waals surface area (Å²) in [5.74, 6) is -1.81. The Morgan fingerprint density at radius 2 is 1.82 bits per heavy atom. The van der Waals surface area contributed by atoms with Crippen LogP contribution in [0.15, 0.2) is 0 Å². The van der Waals surface area contributed by atoms with E-state index in [0.717, 1.165) is 0 Å². The van der Waals surface area contributed by atoms with Gasteiger partial charge in [0.1, 0.15) is 12.6 Å². The standard InChI is InChI=1S/C11H21NO5/c1-8(17-5)10(15)11(16,6-9(13)14)7-12(2,3)4/h8,16H,6-7H2,1-5H3/p+1. The Morgan fingerprint density at radius 3 is 2.12 bits per heavy atom. The van der Waals surface area contributed by atoms with Crippen molar-refractivity contribution in [3.63, 3.8) is 0 Å². The number of nitrogens with zero attached hydrogens (tertiary/aromatic N) is 1. The molecule has 2 atom stereocenters. The third kappa shape index (κ3) is 5.25. The molecule has 6 nitrogen and oxygen atoms in total. The number of aliphatic carboxylic acids is 1.